The predicted molar refractivity (Wildman–Crippen MR) is 112 cm³/mol. The van der Waals surface area contributed by atoms with Gasteiger partial charge in [-0.15, -0.1) is 0 Å². The Kier molecular flexibility index (Phi) is 7.71. The van der Waals surface area contributed by atoms with Crippen LogP contribution in [0.15, 0.2) is 54.6 Å². The smallest absolute Gasteiger partial charge is 0.324 e. The molecule has 0 spiro atoms. The van der Waals surface area contributed by atoms with Crippen molar-refractivity contribution >= 4 is 11.7 Å². The summed E-state index contributed by atoms with van der Waals surface area (Å²) in [7, 11) is 5.35. The maximum atomic E-state index is 13.2. The van der Waals surface area contributed by atoms with Crippen molar-refractivity contribution in [3.63, 3.8) is 0 Å². The first-order valence-electron chi connectivity index (χ1n) is 9.69. The summed E-state index contributed by atoms with van der Waals surface area (Å²) in [6.45, 7) is 4.44. The molecule has 0 unspecified atom stereocenters. The van der Waals surface area contributed by atoms with Gasteiger partial charge in [-0.2, -0.15) is 0 Å². The number of anilines is 1. The third kappa shape index (κ3) is 5.25. The Morgan fingerprint density at radius 3 is 2.41 bits per heavy atom. The van der Waals surface area contributed by atoms with Gasteiger partial charge in [-0.1, -0.05) is 63.1 Å². The Morgan fingerprint density at radius 1 is 1.07 bits per heavy atom. The molecule has 0 aliphatic rings. The van der Waals surface area contributed by atoms with Gasteiger partial charge in [-0.3, -0.25) is 4.90 Å². The number of urea groups is 1. The van der Waals surface area contributed by atoms with Crippen LogP contribution < -0.4 is 9.64 Å². The maximum Gasteiger partial charge on any atom is 0.324 e. The number of carbonyl (C=O) groups is 1. The number of nitrogens with zero attached hydrogens (tertiary/aromatic N) is 2. The third-order valence-electron chi connectivity index (χ3n) is 5.14. The molecule has 2 aromatic rings. The molecule has 0 N–H and O–H groups in total. The van der Waals surface area contributed by atoms with Crippen LogP contribution >= 0.6 is 0 Å². The lowest BCUT2D eigenvalue weighted by Gasteiger charge is -2.36. The number of unbranched alkanes of at least 4 members (excludes halogenated alkanes) is 1. The van der Waals surface area contributed by atoms with E-state index in [-0.39, 0.29) is 12.1 Å². The summed E-state index contributed by atoms with van der Waals surface area (Å²) >= 11 is 0. The Bertz CT molecular complexity index is 717. The average Bonchev–Trinajstić information content (AvgIpc) is 2.72. The molecule has 0 bridgehead atoms. The molecule has 0 fully saturated rings. The van der Waals surface area contributed by atoms with Gasteiger partial charge in [0, 0.05) is 25.8 Å². The highest BCUT2D eigenvalue weighted by Gasteiger charge is 2.29. The molecule has 2 atom stereocenters. The lowest BCUT2D eigenvalue weighted by Crippen LogP contribution is -2.42. The Balaban J connectivity index is 2.27. The van der Waals surface area contributed by atoms with Gasteiger partial charge < -0.3 is 9.64 Å². The standard InChI is InChI=1S/C23H32N2O2/c1-6-7-12-18(2)22(19-13-9-8-10-14-19)25(4)23(26)24(3)20-15-11-16-21(17-20)27-5/h8-11,13-18,22H,6-7,12H2,1-5H3/t18-,22-/m0/s1. The second-order valence-electron chi connectivity index (χ2n) is 7.13. The van der Waals surface area contributed by atoms with Crippen LogP contribution in [0.25, 0.3) is 0 Å². The van der Waals surface area contributed by atoms with E-state index in [9.17, 15) is 4.79 Å². The van der Waals surface area contributed by atoms with Gasteiger partial charge in [0.05, 0.1) is 13.2 Å². The van der Waals surface area contributed by atoms with Crippen molar-refractivity contribution in [3.8, 4) is 5.75 Å². The van der Waals surface area contributed by atoms with Crippen LogP contribution in [-0.2, 0) is 0 Å². The highest BCUT2D eigenvalue weighted by Crippen LogP contribution is 2.32. The fourth-order valence-electron chi connectivity index (χ4n) is 3.55. The van der Waals surface area contributed by atoms with Gasteiger partial charge >= 0.3 is 6.03 Å². The van der Waals surface area contributed by atoms with Crippen molar-refractivity contribution in [2.45, 2.75) is 39.2 Å². The largest absolute Gasteiger partial charge is 0.497 e. The molecule has 27 heavy (non-hydrogen) atoms. The van der Waals surface area contributed by atoms with Gasteiger partial charge in [0.1, 0.15) is 5.75 Å². The molecule has 0 heterocycles. The molecule has 2 rings (SSSR count). The number of amides is 2. The van der Waals surface area contributed by atoms with Crippen LogP contribution in [0.2, 0.25) is 0 Å². The van der Waals surface area contributed by atoms with Gasteiger partial charge in [0.25, 0.3) is 0 Å². The number of hydrogen-bond donors (Lipinski definition) is 0. The fourth-order valence-corrected chi connectivity index (χ4v) is 3.55. The molecule has 2 aromatic carbocycles. The zero-order chi connectivity index (χ0) is 19.8. The molecule has 0 aliphatic heterocycles. The topological polar surface area (TPSA) is 32.8 Å². The molecule has 4 nitrogen and oxygen atoms in total. The molecule has 0 saturated carbocycles. The van der Waals surface area contributed by atoms with Crippen molar-refractivity contribution in [2.24, 2.45) is 5.92 Å². The van der Waals surface area contributed by atoms with Crippen molar-refractivity contribution in [2.75, 3.05) is 26.1 Å². The highest BCUT2D eigenvalue weighted by molar-refractivity contribution is 5.91. The summed E-state index contributed by atoms with van der Waals surface area (Å²) in [5.41, 5.74) is 2.00. The second kappa shape index (κ2) is 10.0. The molecular formula is C23H32N2O2. The molecule has 0 saturated heterocycles. The lowest BCUT2D eigenvalue weighted by molar-refractivity contribution is 0.173. The molecule has 146 valence electrons. The molecule has 0 aromatic heterocycles. The predicted octanol–water partition coefficient (Wildman–Crippen LogP) is 5.75. The zero-order valence-corrected chi connectivity index (χ0v) is 17.2. The number of benzene rings is 2. The fraction of sp³-hybridized carbons (Fsp3) is 0.435. The first-order chi connectivity index (χ1) is 13.0. The van der Waals surface area contributed by atoms with E-state index in [0.717, 1.165) is 30.7 Å². The van der Waals surface area contributed by atoms with Crippen LogP contribution in [0.1, 0.15) is 44.7 Å². The second-order valence-corrected chi connectivity index (χ2v) is 7.13. The lowest BCUT2D eigenvalue weighted by atomic mass is 9.89. The van der Waals surface area contributed by atoms with Crippen LogP contribution in [0, 0.1) is 5.92 Å². The summed E-state index contributed by atoms with van der Waals surface area (Å²) in [4.78, 5) is 16.8. The van der Waals surface area contributed by atoms with Crippen molar-refractivity contribution < 1.29 is 9.53 Å². The summed E-state index contributed by atoms with van der Waals surface area (Å²) in [5, 5.41) is 0. The highest BCUT2D eigenvalue weighted by atomic mass is 16.5. The first-order valence-corrected chi connectivity index (χ1v) is 9.69. The summed E-state index contributed by atoms with van der Waals surface area (Å²) < 4.78 is 5.29. The van der Waals surface area contributed by atoms with Crippen LogP contribution in [0.4, 0.5) is 10.5 Å². The maximum absolute atomic E-state index is 13.2. The first kappa shape index (κ1) is 20.8. The van der Waals surface area contributed by atoms with E-state index in [4.69, 9.17) is 4.74 Å². The average molecular weight is 369 g/mol. The van der Waals surface area contributed by atoms with Crippen molar-refractivity contribution in [3.05, 3.63) is 60.2 Å². The van der Waals surface area contributed by atoms with Crippen molar-refractivity contribution in [1.82, 2.24) is 4.90 Å². The van der Waals surface area contributed by atoms with E-state index < -0.39 is 0 Å². The zero-order valence-electron chi connectivity index (χ0n) is 17.2. The molecule has 2 amide bonds. The monoisotopic (exact) mass is 368 g/mol. The molecule has 4 heteroatoms. The van der Waals surface area contributed by atoms with E-state index in [1.807, 2.05) is 61.5 Å². The van der Waals surface area contributed by atoms with Gasteiger partial charge in [0.2, 0.25) is 0 Å². The number of methoxy groups -OCH3 is 1. The van der Waals surface area contributed by atoms with Gasteiger partial charge in [0.15, 0.2) is 0 Å². The Labute approximate surface area is 163 Å². The van der Waals surface area contributed by atoms with Crippen LogP contribution in [0.5, 0.6) is 5.75 Å². The number of carbonyl (C=O) groups excluding carboxylic acids is 1. The summed E-state index contributed by atoms with van der Waals surface area (Å²) in [6, 6.07) is 17.9. The number of hydrogen-bond acceptors (Lipinski definition) is 2. The molecular weight excluding hydrogens is 336 g/mol. The SMILES string of the molecule is CCCC[C@H](C)[C@@H](c1ccccc1)N(C)C(=O)N(C)c1cccc(OC)c1. The van der Waals surface area contributed by atoms with E-state index in [1.54, 1.807) is 12.0 Å². The third-order valence-corrected chi connectivity index (χ3v) is 5.14. The number of rotatable bonds is 8. The normalized spacial score (nSPS) is 12.9. The van der Waals surface area contributed by atoms with Crippen LogP contribution in [0.3, 0.4) is 0 Å². The minimum Gasteiger partial charge on any atom is -0.497 e. The molecule has 0 aliphatic carbocycles. The van der Waals surface area contributed by atoms with E-state index in [2.05, 4.69) is 26.0 Å². The summed E-state index contributed by atoms with van der Waals surface area (Å²) in [6.07, 6.45) is 3.42. The van der Waals surface area contributed by atoms with E-state index in [0.29, 0.717) is 5.92 Å². The number of ether oxygens (including phenoxy) is 1. The minimum absolute atomic E-state index is 0.0274. The van der Waals surface area contributed by atoms with E-state index in [1.165, 1.54) is 5.56 Å². The van der Waals surface area contributed by atoms with Gasteiger partial charge in [-0.05, 0) is 30.0 Å². The van der Waals surface area contributed by atoms with Crippen LogP contribution in [-0.4, -0.2) is 32.1 Å². The Morgan fingerprint density at radius 2 is 1.78 bits per heavy atom. The minimum atomic E-state index is -0.0274. The van der Waals surface area contributed by atoms with E-state index >= 15 is 0 Å². The Hall–Kier alpha value is -2.49. The van der Waals surface area contributed by atoms with Gasteiger partial charge in [-0.25, -0.2) is 4.79 Å². The summed E-state index contributed by atoms with van der Waals surface area (Å²) in [5.74, 6) is 1.12. The molecule has 0 radical (unpaired) electrons. The quantitative estimate of drug-likeness (QED) is 0.594. The van der Waals surface area contributed by atoms with Crippen molar-refractivity contribution in [1.29, 1.82) is 0 Å².